The Kier molecular flexibility index (Phi) is 8.60. The van der Waals surface area contributed by atoms with Gasteiger partial charge in [0, 0.05) is 29.0 Å². The van der Waals surface area contributed by atoms with Gasteiger partial charge in [0.25, 0.3) is 0 Å². The van der Waals surface area contributed by atoms with E-state index in [9.17, 15) is 9.59 Å². The quantitative estimate of drug-likeness (QED) is 0.338. The molecule has 2 aromatic carbocycles. The van der Waals surface area contributed by atoms with Crippen molar-refractivity contribution < 1.29 is 32.9 Å². The molecule has 3 aromatic rings. The summed E-state index contributed by atoms with van der Waals surface area (Å²) in [7, 11) is 4.23. The van der Waals surface area contributed by atoms with Gasteiger partial charge in [-0.25, -0.2) is 14.0 Å². The van der Waals surface area contributed by atoms with Crippen LogP contribution in [-0.2, 0) is 16.0 Å². The smallest absolute Gasteiger partial charge is 0.415 e. The second kappa shape index (κ2) is 11.5. The third kappa shape index (κ3) is 6.04. The molecule has 38 heavy (non-hydrogen) atoms. The molecule has 0 N–H and O–H groups in total. The number of aryl methyl sites for hydroxylation is 1. The van der Waals surface area contributed by atoms with Crippen molar-refractivity contribution >= 4 is 17.7 Å². The van der Waals surface area contributed by atoms with E-state index in [1.54, 1.807) is 58.3 Å². The number of hydrogen-bond acceptors (Lipinski definition) is 7. The second-order valence-corrected chi connectivity index (χ2v) is 9.65. The number of ether oxygens (including phenoxy) is 4. The predicted molar refractivity (Wildman–Crippen MR) is 142 cm³/mol. The molecule has 3 rings (SSSR count). The first kappa shape index (κ1) is 28.4. The van der Waals surface area contributed by atoms with Crippen LogP contribution >= 0.6 is 0 Å². The van der Waals surface area contributed by atoms with Crippen LogP contribution in [-0.4, -0.2) is 44.0 Å². The van der Waals surface area contributed by atoms with Crippen molar-refractivity contribution in [1.29, 1.82) is 0 Å². The van der Waals surface area contributed by atoms with Gasteiger partial charge in [-0.15, -0.1) is 0 Å². The minimum absolute atomic E-state index is 0.0736. The molecule has 0 fully saturated rings. The summed E-state index contributed by atoms with van der Waals surface area (Å²) in [6.45, 7) is 8.77. The average Bonchev–Trinajstić information content (AvgIpc) is 2.87. The summed E-state index contributed by atoms with van der Waals surface area (Å²) >= 11 is 0. The SMILES string of the molecule is COC(=O)c1ccccc1-c1cc(N(Cc2ncc(C)c(OC)c2C)C(=O)OC(C)(C)C)c(F)cc1OC. The fourth-order valence-electron chi connectivity index (χ4n) is 4.08. The number of methoxy groups -OCH3 is 3. The standard InChI is InChI=1S/C29H33FN2O6/c1-17-15-31-23(18(2)26(17)36-7)16-32(28(34)38-29(3,4)5)24-13-21(25(35-6)14-22(24)30)19-11-9-10-12-20(19)27(33)37-8/h9-15H,16H2,1-8H3. The summed E-state index contributed by atoms with van der Waals surface area (Å²) in [6.07, 6.45) is 0.867. The van der Waals surface area contributed by atoms with Crippen molar-refractivity contribution in [2.24, 2.45) is 0 Å². The molecule has 8 nitrogen and oxygen atoms in total. The number of aromatic nitrogens is 1. The fourth-order valence-corrected chi connectivity index (χ4v) is 4.08. The molecule has 9 heteroatoms. The Morgan fingerprint density at radius 3 is 2.29 bits per heavy atom. The molecule has 0 radical (unpaired) electrons. The Bertz CT molecular complexity index is 1350. The van der Waals surface area contributed by atoms with Crippen molar-refractivity contribution in [2.45, 2.75) is 46.8 Å². The van der Waals surface area contributed by atoms with Crippen molar-refractivity contribution in [3.63, 3.8) is 0 Å². The van der Waals surface area contributed by atoms with Crippen LogP contribution in [0.4, 0.5) is 14.9 Å². The molecule has 202 valence electrons. The van der Waals surface area contributed by atoms with Crippen molar-refractivity contribution in [2.75, 3.05) is 26.2 Å². The zero-order valence-corrected chi connectivity index (χ0v) is 23.0. The molecule has 0 bridgehead atoms. The molecule has 1 amide bonds. The molecule has 0 aliphatic rings. The lowest BCUT2D eigenvalue weighted by atomic mass is 9.97. The van der Waals surface area contributed by atoms with Crippen LogP contribution in [0.3, 0.4) is 0 Å². The lowest BCUT2D eigenvalue weighted by molar-refractivity contribution is 0.0572. The Morgan fingerprint density at radius 1 is 1.00 bits per heavy atom. The highest BCUT2D eigenvalue weighted by molar-refractivity contribution is 5.99. The van der Waals surface area contributed by atoms with Gasteiger partial charge in [0.2, 0.25) is 0 Å². The van der Waals surface area contributed by atoms with Crippen LogP contribution < -0.4 is 14.4 Å². The molecule has 0 unspecified atom stereocenters. The Balaban J connectivity index is 2.24. The van der Waals surface area contributed by atoms with Crippen LogP contribution in [0.1, 0.15) is 48.0 Å². The number of esters is 1. The molecule has 0 atom stereocenters. The highest BCUT2D eigenvalue weighted by atomic mass is 19.1. The zero-order valence-electron chi connectivity index (χ0n) is 23.0. The minimum atomic E-state index is -0.841. The number of anilines is 1. The molecule has 0 saturated heterocycles. The van der Waals surface area contributed by atoms with Gasteiger partial charge in [-0.05, 0) is 52.3 Å². The van der Waals surface area contributed by atoms with Crippen LogP contribution in [0.5, 0.6) is 11.5 Å². The molecule has 0 saturated carbocycles. The van der Waals surface area contributed by atoms with Gasteiger partial charge in [-0.2, -0.15) is 0 Å². The summed E-state index contributed by atoms with van der Waals surface area (Å²) in [5.41, 5.74) is 2.24. The first-order chi connectivity index (χ1) is 17.9. The van der Waals surface area contributed by atoms with Gasteiger partial charge >= 0.3 is 12.1 Å². The van der Waals surface area contributed by atoms with E-state index >= 15 is 4.39 Å². The van der Waals surface area contributed by atoms with Crippen LogP contribution in [0, 0.1) is 19.7 Å². The Hall–Kier alpha value is -4.14. The van der Waals surface area contributed by atoms with E-state index in [0.29, 0.717) is 28.1 Å². The van der Waals surface area contributed by atoms with E-state index in [-0.39, 0.29) is 23.5 Å². The Morgan fingerprint density at radius 2 is 1.68 bits per heavy atom. The van der Waals surface area contributed by atoms with Crippen LogP contribution in [0.2, 0.25) is 0 Å². The summed E-state index contributed by atoms with van der Waals surface area (Å²) < 4.78 is 37.2. The summed E-state index contributed by atoms with van der Waals surface area (Å²) in [4.78, 5) is 31.6. The summed E-state index contributed by atoms with van der Waals surface area (Å²) in [5, 5.41) is 0. The van der Waals surface area contributed by atoms with Gasteiger partial charge in [0.05, 0.1) is 44.8 Å². The number of halogens is 1. The molecular weight excluding hydrogens is 491 g/mol. The van der Waals surface area contributed by atoms with E-state index in [4.69, 9.17) is 18.9 Å². The lowest BCUT2D eigenvalue weighted by Gasteiger charge is -2.29. The van der Waals surface area contributed by atoms with Crippen LogP contribution in [0.25, 0.3) is 11.1 Å². The molecule has 0 spiro atoms. The summed E-state index contributed by atoms with van der Waals surface area (Å²) in [5.74, 6) is -0.479. The number of amides is 1. The van der Waals surface area contributed by atoms with Gasteiger partial charge in [-0.3, -0.25) is 9.88 Å². The first-order valence-electron chi connectivity index (χ1n) is 12.0. The number of rotatable bonds is 7. The number of carbonyl (C=O) groups is 2. The van der Waals surface area contributed by atoms with Crippen molar-refractivity contribution in [3.8, 4) is 22.6 Å². The molecule has 0 aliphatic carbocycles. The normalized spacial score (nSPS) is 11.1. The zero-order chi connectivity index (χ0) is 28.2. The highest BCUT2D eigenvalue weighted by Gasteiger charge is 2.29. The monoisotopic (exact) mass is 524 g/mol. The van der Waals surface area contributed by atoms with Crippen molar-refractivity contribution in [1.82, 2.24) is 4.98 Å². The van der Waals surface area contributed by atoms with Crippen molar-refractivity contribution in [3.05, 3.63) is 70.8 Å². The van der Waals surface area contributed by atoms with E-state index in [1.165, 1.54) is 31.3 Å². The number of hydrogen-bond donors (Lipinski definition) is 0. The maximum atomic E-state index is 15.6. The third-order valence-electron chi connectivity index (χ3n) is 5.85. The molecule has 0 aliphatic heterocycles. The maximum Gasteiger partial charge on any atom is 0.415 e. The topological polar surface area (TPSA) is 87.2 Å². The number of benzene rings is 2. The largest absolute Gasteiger partial charge is 0.496 e. The van der Waals surface area contributed by atoms with E-state index in [1.807, 2.05) is 13.8 Å². The van der Waals surface area contributed by atoms with E-state index in [0.717, 1.165) is 5.56 Å². The predicted octanol–water partition coefficient (Wildman–Crippen LogP) is 6.25. The lowest BCUT2D eigenvalue weighted by Crippen LogP contribution is -2.37. The average molecular weight is 525 g/mol. The highest BCUT2D eigenvalue weighted by Crippen LogP contribution is 2.39. The molecule has 1 aromatic heterocycles. The van der Waals surface area contributed by atoms with Gasteiger partial charge in [-0.1, -0.05) is 18.2 Å². The van der Waals surface area contributed by atoms with Gasteiger partial charge in [0.15, 0.2) is 5.82 Å². The van der Waals surface area contributed by atoms with Gasteiger partial charge in [0.1, 0.15) is 17.1 Å². The first-order valence-corrected chi connectivity index (χ1v) is 12.0. The molecule has 1 heterocycles. The van der Waals surface area contributed by atoms with E-state index < -0.39 is 23.5 Å². The number of pyridine rings is 1. The second-order valence-electron chi connectivity index (χ2n) is 9.65. The number of carbonyl (C=O) groups excluding carboxylic acids is 2. The third-order valence-corrected chi connectivity index (χ3v) is 5.85. The molecular formula is C29H33FN2O6. The fraction of sp³-hybridized carbons (Fsp3) is 0.345. The number of nitrogens with zero attached hydrogens (tertiary/aromatic N) is 2. The Labute approximate surface area is 222 Å². The minimum Gasteiger partial charge on any atom is -0.496 e. The van der Waals surface area contributed by atoms with Crippen LogP contribution in [0.15, 0.2) is 42.6 Å². The van der Waals surface area contributed by atoms with E-state index in [2.05, 4.69) is 4.98 Å². The summed E-state index contributed by atoms with van der Waals surface area (Å²) in [6, 6.07) is 9.36. The maximum absolute atomic E-state index is 15.6. The van der Waals surface area contributed by atoms with Gasteiger partial charge < -0.3 is 18.9 Å².